The number of hydrogen-bond acceptors (Lipinski definition) is 7. The molecule has 0 saturated heterocycles. The molecular formula is C18H28ClN3O6S3. The summed E-state index contributed by atoms with van der Waals surface area (Å²) in [6.45, 7) is 3.81. The number of unbranched alkanes of at least 4 members (excludes halogenated alkanes) is 1. The van der Waals surface area contributed by atoms with Crippen LogP contribution in [0.1, 0.15) is 44.7 Å². The molecule has 0 N–H and O–H groups in total. The van der Waals surface area contributed by atoms with E-state index in [-0.39, 0.29) is 28.0 Å². The zero-order valence-electron chi connectivity index (χ0n) is 17.9. The zero-order chi connectivity index (χ0) is 23.4. The highest BCUT2D eigenvalue weighted by atomic mass is 35.5. The molecule has 2 heterocycles. The smallest absolute Gasteiger partial charge is 0.410 e. The number of thiophene rings is 1. The lowest BCUT2D eigenvalue weighted by molar-refractivity contribution is 0.0840. The normalized spacial score (nSPS) is 20.4. The fraction of sp³-hybridized carbons (Fsp3) is 0.667. The van der Waals surface area contributed by atoms with Crippen LogP contribution in [0.5, 0.6) is 0 Å². The molecule has 0 spiro atoms. The van der Waals surface area contributed by atoms with Crippen molar-refractivity contribution in [1.82, 2.24) is 9.80 Å². The molecule has 0 bridgehead atoms. The third-order valence-corrected chi connectivity index (χ3v) is 10.6. The molecule has 1 amide bonds. The molecule has 0 aliphatic carbocycles. The van der Waals surface area contributed by atoms with Crippen LogP contribution in [0.4, 0.5) is 4.79 Å². The Labute approximate surface area is 193 Å². The van der Waals surface area contributed by atoms with Crippen molar-refractivity contribution in [1.29, 1.82) is 0 Å². The summed E-state index contributed by atoms with van der Waals surface area (Å²) in [5.74, 6) is 0.471. The first-order valence-corrected chi connectivity index (χ1v) is 14.1. The molecule has 176 valence electrons. The number of halogens is 1. The number of nitrogens with zero attached hydrogens (tertiary/aromatic N) is 3. The van der Waals surface area contributed by atoms with Gasteiger partial charge in [-0.3, -0.25) is 0 Å². The lowest BCUT2D eigenvalue weighted by Gasteiger charge is -2.35. The Morgan fingerprint density at radius 3 is 2.65 bits per heavy atom. The highest BCUT2D eigenvalue weighted by Crippen LogP contribution is 2.45. The van der Waals surface area contributed by atoms with Crippen molar-refractivity contribution in [3.63, 3.8) is 0 Å². The first-order chi connectivity index (χ1) is 14.5. The maximum absolute atomic E-state index is 12.9. The number of fused-ring (bicyclic) bond motifs is 1. The van der Waals surface area contributed by atoms with Crippen molar-refractivity contribution < 1.29 is 26.4 Å². The van der Waals surface area contributed by atoms with Gasteiger partial charge in [-0.15, -0.1) is 27.3 Å². The molecule has 1 aromatic heterocycles. The Bertz CT molecular complexity index is 1020. The average molecular weight is 514 g/mol. The number of sulfonamides is 1. The highest BCUT2D eigenvalue weighted by molar-refractivity contribution is 7.96. The molecule has 0 aromatic carbocycles. The van der Waals surface area contributed by atoms with Crippen molar-refractivity contribution in [2.45, 2.75) is 52.8 Å². The second kappa shape index (κ2) is 10.5. The molecule has 1 aliphatic heterocycles. The summed E-state index contributed by atoms with van der Waals surface area (Å²) in [7, 11) is -4.55. The number of ether oxygens (including phenoxy) is 1. The van der Waals surface area contributed by atoms with E-state index in [1.165, 1.54) is 15.9 Å². The monoisotopic (exact) mass is 513 g/mol. The first-order valence-electron chi connectivity index (χ1n) is 9.79. The maximum atomic E-state index is 12.9. The van der Waals surface area contributed by atoms with Gasteiger partial charge in [0.05, 0.1) is 17.9 Å². The van der Waals surface area contributed by atoms with Crippen LogP contribution in [0.25, 0.3) is 0 Å². The third kappa shape index (κ3) is 5.91. The van der Waals surface area contributed by atoms with E-state index in [1.807, 2.05) is 0 Å². The number of alkyl halides is 1. The molecule has 0 saturated carbocycles. The van der Waals surface area contributed by atoms with Crippen LogP contribution < -0.4 is 0 Å². The second-order valence-electron chi connectivity index (χ2n) is 7.37. The predicted molar refractivity (Wildman–Crippen MR) is 121 cm³/mol. The van der Waals surface area contributed by atoms with Gasteiger partial charge in [-0.1, -0.05) is 0 Å². The number of sulfone groups is 1. The largest absolute Gasteiger partial charge is 0.449 e. The molecule has 0 fully saturated rings. The topological polar surface area (TPSA) is 113 Å². The molecule has 13 heteroatoms. The Morgan fingerprint density at radius 2 is 2.06 bits per heavy atom. The van der Waals surface area contributed by atoms with E-state index in [9.17, 15) is 21.6 Å². The van der Waals surface area contributed by atoms with Gasteiger partial charge in [0.2, 0.25) is 0 Å². The summed E-state index contributed by atoms with van der Waals surface area (Å²) < 4.78 is 59.7. The van der Waals surface area contributed by atoms with Crippen molar-refractivity contribution in [3.05, 3.63) is 11.6 Å². The van der Waals surface area contributed by atoms with Gasteiger partial charge in [0, 0.05) is 32.1 Å². The van der Waals surface area contributed by atoms with Crippen molar-refractivity contribution in [3.8, 4) is 0 Å². The number of carbonyl (C=O) groups is 1. The Balaban J connectivity index is 2.45. The van der Waals surface area contributed by atoms with Crippen LogP contribution in [0.2, 0.25) is 0 Å². The van der Waals surface area contributed by atoms with E-state index in [0.29, 0.717) is 35.6 Å². The van der Waals surface area contributed by atoms with Gasteiger partial charge >= 0.3 is 6.09 Å². The van der Waals surface area contributed by atoms with Gasteiger partial charge in [-0.25, -0.2) is 13.2 Å². The Kier molecular flexibility index (Phi) is 8.77. The minimum absolute atomic E-state index is 0.0386. The number of carbonyl (C=O) groups excluding carboxylic acids is 1. The van der Waals surface area contributed by atoms with E-state index >= 15 is 0 Å². The summed E-state index contributed by atoms with van der Waals surface area (Å²) in [6.07, 6.45) is 2.05. The van der Waals surface area contributed by atoms with Crippen LogP contribution in [-0.4, -0.2) is 77.4 Å². The maximum Gasteiger partial charge on any atom is 0.410 e. The molecule has 1 aliphatic rings. The van der Waals surface area contributed by atoms with Crippen LogP contribution in [0.3, 0.4) is 0 Å². The van der Waals surface area contributed by atoms with E-state index in [2.05, 4.69) is 4.40 Å². The molecule has 2 rings (SSSR count). The van der Waals surface area contributed by atoms with Crippen molar-refractivity contribution >= 4 is 55.2 Å². The van der Waals surface area contributed by atoms with Gasteiger partial charge in [0.1, 0.15) is 14.8 Å². The van der Waals surface area contributed by atoms with E-state index < -0.39 is 37.2 Å². The summed E-state index contributed by atoms with van der Waals surface area (Å²) in [6, 6.07) is 0.705. The number of amides is 1. The summed E-state index contributed by atoms with van der Waals surface area (Å²) in [4.78, 5) is 15.6. The standard InChI is InChI=1S/C18H28ClN3O6S3/c1-5-22(18(23)28-9-7-6-8-19)15-10-13(2)30(24,25)17-14(15)11-16(29-17)31(26,27)20-12-21(3)4/h11-13,15H,5-10H2,1-4H3/t13?,15-/m0/s1. The molecule has 9 nitrogen and oxygen atoms in total. The summed E-state index contributed by atoms with van der Waals surface area (Å²) in [5, 5.41) is -0.775. The molecule has 0 radical (unpaired) electrons. The van der Waals surface area contributed by atoms with E-state index in [4.69, 9.17) is 16.3 Å². The van der Waals surface area contributed by atoms with Gasteiger partial charge in [0.25, 0.3) is 10.0 Å². The van der Waals surface area contributed by atoms with Crippen LogP contribution in [-0.2, 0) is 24.6 Å². The van der Waals surface area contributed by atoms with Gasteiger partial charge in [0.15, 0.2) is 9.84 Å². The zero-order valence-corrected chi connectivity index (χ0v) is 21.2. The van der Waals surface area contributed by atoms with Gasteiger partial charge in [-0.2, -0.15) is 8.42 Å². The minimum Gasteiger partial charge on any atom is -0.449 e. The van der Waals surface area contributed by atoms with E-state index in [1.54, 1.807) is 27.9 Å². The van der Waals surface area contributed by atoms with E-state index in [0.717, 1.165) is 6.34 Å². The number of rotatable bonds is 9. The van der Waals surface area contributed by atoms with Gasteiger partial charge < -0.3 is 14.5 Å². The van der Waals surface area contributed by atoms with Crippen LogP contribution in [0.15, 0.2) is 18.9 Å². The lowest BCUT2D eigenvalue weighted by Crippen LogP contribution is -2.40. The summed E-state index contributed by atoms with van der Waals surface area (Å²) >= 11 is 6.31. The molecule has 2 atom stereocenters. The number of hydrogen-bond donors (Lipinski definition) is 0. The van der Waals surface area contributed by atoms with Crippen LogP contribution in [0, 0.1) is 0 Å². The highest BCUT2D eigenvalue weighted by Gasteiger charge is 2.43. The molecule has 1 unspecified atom stereocenters. The fourth-order valence-electron chi connectivity index (χ4n) is 3.12. The van der Waals surface area contributed by atoms with Crippen molar-refractivity contribution in [2.24, 2.45) is 4.40 Å². The summed E-state index contributed by atoms with van der Waals surface area (Å²) in [5.41, 5.74) is 0.293. The first kappa shape index (κ1) is 25.9. The predicted octanol–water partition coefficient (Wildman–Crippen LogP) is 3.11. The van der Waals surface area contributed by atoms with Crippen LogP contribution >= 0.6 is 22.9 Å². The molecule has 1 aromatic rings. The fourth-order valence-corrected chi connectivity index (χ4v) is 8.19. The second-order valence-corrected chi connectivity index (χ2v) is 13.2. The SMILES string of the molecule is CCN(C(=O)OCCCCCl)[C@H]1CC(C)S(=O)(=O)c2sc(S(=O)(=O)N=CN(C)C)cc21. The van der Waals surface area contributed by atoms with Crippen molar-refractivity contribution in [2.75, 3.05) is 33.1 Å². The lowest BCUT2D eigenvalue weighted by atomic mass is 10.0. The Hall–Kier alpha value is -1.37. The third-order valence-electron chi connectivity index (χ3n) is 4.78. The van der Waals surface area contributed by atoms with Gasteiger partial charge in [-0.05, 0) is 39.2 Å². The average Bonchev–Trinajstić information content (AvgIpc) is 3.16. The Morgan fingerprint density at radius 1 is 1.39 bits per heavy atom. The molecule has 31 heavy (non-hydrogen) atoms. The quantitative estimate of drug-likeness (QED) is 0.216. The molecular weight excluding hydrogens is 486 g/mol. The minimum atomic E-state index is -4.08.